The first kappa shape index (κ1) is 22.6. The molecule has 2 aliphatic heterocycles. The highest BCUT2D eigenvalue weighted by atomic mass is 16.2. The van der Waals surface area contributed by atoms with Crippen molar-refractivity contribution in [3.63, 3.8) is 0 Å². The van der Waals surface area contributed by atoms with Crippen molar-refractivity contribution in [3.8, 4) is 0 Å². The van der Waals surface area contributed by atoms with Gasteiger partial charge in [-0.15, -0.1) is 0 Å². The molecule has 1 fully saturated rings. The Bertz CT molecular complexity index is 1420. The molecule has 0 saturated carbocycles. The molecule has 0 spiro atoms. The third-order valence-corrected chi connectivity index (χ3v) is 7.77. The van der Waals surface area contributed by atoms with E-state index in [-0.39, 0.29) is 24.4 Å². The molecule has 2 amide bonds. The average Bonchev–Trinajstić information content (AvgIpc) is 3.28. The number of hydrogen-bond acceptors (Lipinski definition) is 2. The van der Waals surface area contributed by atoms with Gasteiger partial charge < -0.3 is 14.8 Å². The second-order valence-corrected chi connectivity index (χ2v) is 10.3. The number of hydrogen-bond donors (Lipinski definition) is 1. The summed E-state index contributed by atoms with van der Waals surface area (Å²) in [5.41, 5.74) is 6.70. The molecule has 5 heteroatoms. The van der Waals surface area contributed by atoms with Crippen molar-refractivity contribution in [1.29, 1.82) is 0 Å². The molecule has 0 unspecified atom stereocenters. The van der Waals surface area contributed by atoms with Crippen LogP contribution in [0, 0.1) is 0 Å². The molecule has 2 aliphatic rings. The highest BCUT2D eigenvalue weighted by Crippen LogP contribution is 2.42. The molecular weight excluding hydrogens is 446 g/mol. The van der Waals surface area contributed by atoms with E-state index in [1.807, 2.05) is 35.2 Å². The Hall–Kier alpha value is -3.86. The van der Waals surface area contributed by atoms with Crippen LogP contribution >= 0.6 is 0 Å². The van der Waals surface area contributed by atoms with Crippen LogP contribution in [0.1, 0.15) is 53.8 Å². The van der Waals surface area contributed by atoms with E-state index in [1.165, 1.54) is 11.1 Å². The van der Waals surface area contributed by atoms with E-state index < -0.39 is 6.04 Å². The Labute approximate surface area is 211 Å². The molecule has 4 aromatic rings. The molecule has 2 atom stereocenters. The van der Waals surface area contributed by atoms with E-state index in [4.69, 9.17) is 0 Å². The van der Waals surface area contributed by atoms with Crippen LogP contribution in [0.3, 0.4) is 0 Å². The van der Waals surface area contributed by atoms with E-state index in [1.54, 1.807) is 4.90 Å². The molecule has 36 heavy (non-hydrogen) atoms. The number of para-hydroxylation sites is 1. The molecule has 0 radical (unpaired) electrons. The van der Waals surface area contributed by atoms with Gasteiger partial charge in [0.1, 0.15) is 6.04 Å². The lowest BCUT2D eigenvalue weighted by Gasteiger charge is -2.47. The number of piperazine rings is 1. The molecule has 182 valence electrons. The number of H-pyrrole nitrogens is 1. The third kappa shape index (κ3) is 3.79. The molecule has 1 N–H and O–H groups in total. The fraction of sp³-hybridized carbons (Fsp3) is 0.290. The Morgan fingerprint density at radius 1 is 0.917 bits per heavy atom. The summed E-state index contributed by atoms with van der Waals surface area (Å²) in [6.07, 6.45) is 1.28. The molecule has 5 nitrogen and oxygen atoms in total. The van der Waals surface area contributed by atoms with Crippen LogP contribution in [0.2, 0.25) is 0 Å². The minimum atomic E-state index is -0.497. The van der Waals surface area contributed by atoms with Crippen molar-refractivity contribution in [2.24, 2.45) is 0 Å². The predicted molar refractivity (Wildman–Crippen MR) is 142 cm³/mol. The first-order chi connectivity index (χ1) is 17.5. The maximum absolute atomic E-state index is 13.8. The molecule has 3 aromatic carbocycles. The molecule has 0 bridgehead atoms. The standard InChI is InChI=1S/C31H31N3O2/c1-20(2)22-12-14-23(15-13-22)30-29-25(24-10-6-7-11-26(24)32-29)18-27-31(36)33(19-28(35)34(27)30)17-16-21-8-4-3-5-9-21/h3-15,20,27,30,32H,16-19H2,1-2H3/t27-,30+/m0/s1. The minimum Gasteiger partial charge on any atom is -0.356 e. The van der Waals surface area contributed by atoms with Crippen molar-refractivity contribution < 1.29 is 9.59 Å². The van der Waals surface area contributed by atoms with Gasteiger partial charge in [0.2, 0.25) is 11.8 Å². The van der Waals surface area contributed by atoms with Gasteiger partial charge in [-0.1, -0.05) is 86.6 Å². The maximum atomic E-state index is 13.8. The minimum absolute atomic E-state index is 0.00917. The van der Waals surface area contributed by atoms with Gasteiger partial charge in [0.15, 0.2) is 0 Å². The van der Waals surface area contributed by atoms with Gasteiger partial charge >= 0.3 is 0 Å². The van der Waals surface area contributed by atoms with Crippen molar-refractivity contribution in [3.05, 3.63) is 107 Å². The molecule has 3 heterocycles. The summed E-state index contributed by atoms with van der Waals surface area (Å²) in [6.45, 7) is 5.03. The van der Waals surface area contributed by atoms with Gasteiger partial charge in [0, 0.05) is 29.6 Å². The van der Waals surface area contributed by atoms with E-state index >= 15 is 0 Å². The van der Waals surface area contributed by atoms with Crippen molar-refractivity contribution in [1.82, 2.24) is 14.8 Å². The number of nitrogens with zero attached hydrogens (tertiary/aromatic N) is 2. The van der Waals surface area contributed by atoms with Crippen molar-refractivity contribution in [2.45, 2.75) is 44.7 Å². The zero-order chi connectivity index (χ0) is 24.8. The van der Waals surface area contributed by atoms with Crippen LogP contribution < -0.4 is 0 Å². The number of aromatic amines is 1. The maximum Gasteiger partial charge on any atom is 0.246 e. The van der Waals surface area contributed by atoms with Gasteiger partial charge in [-0.05, 0) is 40.7 Å². The lowest BCUT2D eigenvalue weighted by Crippen LogP contribution is -2.63. The Balaban J connectivity index is 1.39. The number of amides is 2. The Morgan fingerprint density at radius 2 is 1.64 bits per heavy atom. The second kappa shape index (κ2) is 8.98. The lowest BCUT2D eigenvalue weighted by atomic mass is 9.85. The zero-order valence-corrected chi connectivity index (χ0v) is 20.8. The van der Waals surface area contributed by atoms with E-state index in [9.17, 15) is 9.59 Å². The lowest BCUT2D eigenvalue weighted by molar-refractivity contribution is -0.158. The van der Waals surface area contributed by atoms with E-state index in [0.717, 1.165) is 34.1 Å². The SMILES string of the molecule is CC(C)c1ccc([C@@H]2c3[nH]c4ccccc4c3C[C@H]3C(=O)N(CCc4ccccc4)CC(=O)N23)cc1. The number of carbonyl (C=O) groups is 2. The Morgan fingerprint density at radius 3 is 2.39 bits per heavy atom. The smallest absolute Gasteiger partial charge is 0.246 e. The van der Waals surface area contributed by atoms with Gasteiger partial charge in [-0.3, -0.25) is 9.59 Å². The molecule has 0 aliphatic carbocycles. The number of carbonyl (C=O) groups excluding carboxylic acids is 2. The summed E-state index contributed by atoms with van der Waals surface area (Å²) >= 11 is 0. The average molecular weight is 478 g/mol. The van der Waals surface area contributed by atoms with Gasteiger partial charge in [0.05, 0.1) is 12.6 Å². The number of aromatic nitrogens is 1. The largest absolute Gasteiger partial charge is 0.356 e. The molecule has 1 aromatic heterocycles. The Kier molecular flexibility index (Phi) is 5.63. The monoisotopic (exact) mass is 477 g/mol. The normalized spacial score (nSPS) is 19.6. The summed E-state index contributed by atoms with van der Waals surface area (Å²) in [5, 5.41) is 1.14. The quantitative estimate of drug-likeness (QED) is 0.429. The van der Waals surface area contributed by atoms with Crippen molar-refractivity contribution >= 4 is 22.7 Å². The third-order valence-electron chi connectivity index (χ3n) is 7.77. The number of rotatable bonds is 5. The first-order valence-corrected chi connectivity index (χ1v) is 12.8. The van der Waals surface area contributed by atoms with Crippen LogP contribution in [0.25, 0.3) is 10.9 Å². The molecule has 6 rings (SSSR count). The summed E-state index contributed by atoms with van der Waals surface area (Å²) in [5.74, 6) is 0.485. The van der Waals surface area contributed by atoms with Crippen LogP contribution in [-0.2, 0) is 22.4 Å². The van der Waals surface area contributed by atoms with Crippen LogP contribution in [0.4, 0.5) is 0 Å². The van der Waals surface area contributed by atoms with E-state index in [2.05, 4.69) is 67.4 Å². The van der Waals surface area contributed by atoms with Crippen LogP contribution in [0.5, 0.6) is 0 Å². The fourth-order valence-electron chi connectivity index (χ4n) is 5.83. The summed E-state index contributed by atoms with van der Waals surface area (Å²) in [6, 6.07) is 26.1. The first-order valence-electron chi connectivity index (χ1n) is 12.8. The van der Waals surface area contributed by atoms with Gasteiger partial charge in [0.25, 0.3) is 0 Å². The highest BCUT2D eigenvalue weighted by molar-refractivity contribution is 5.97. The summed E-state index contributed by atoms with van der Waals surface area (Å²) < 4.78 is 0. The molecular formula is C31H31N3O2. The topological polar surface area (TPSA) is 56.4 Å². The number of fused-ring (bicyclic) bond motifs is 4. The number of benzene rings is 3. The van der Waals surface area contributed by atoms with E-state index in [0.29, 0.717) is 18.9 Å². The summed E-state index contributed by atoms with van der Waals surface area (Å²) in [4.78, 5) is 34.8. The molecule has 1 saturated heterocycles. The van der Waals surface area contributed by atoms with Crippen molar-refractivity contribution in [2.75, 3.05) is 13.1 Å². The summed E-state index contributed by atoms with van der Waals surface area (Å²) in [7, 11) is 0. The van der Waals surface area contributed by atoms with Gasteiger partial charge in [-0.25, -0.2) is 0 Å². The zero-order valence-electron chi connectivity index (χ0n) is 20.8. The fourth-order valence-corrected chi connectivity index (χ4v) is 5.83. The second-order valence-electron chi connectivity index (χ2n) is 10.3. The van der Waals surface area contributed by atoms with Gasteiger partial charge in [-0.2, -0.15) is 0 Å². The van der Waals surface area contributed by atoms with Crippen LogP contribution in [0.15, 0.2) is 78.9 Å². The van der Waals surface area contributed by atoms with Crippen LogP contribution in [-0.4, -0.2) is 45.7 Å². The highest BCUT2D eigenvalue weighted by Gasteiger charge is 2.48. The number of nitrogens with one attached hydrogen (secondary N) is 1. The predicted octanol–water partition coefficient (Wildman–Crippen LogP) is 5.22.